The van der Waals surface area contributed by atoms with Crippen molar-refractivity contribution in [2.45, 2.75) is 25.7 Å². The third-order valence-electron chi connectivity index (χ3n) is 6.42. The van der Waals surface area contributed by atoms with Crippen molar-refractivity contribution in [2.24, 2.45) is 0 Å². The molecule has 33 heavy (non-hydrogen) atoms. The zero-order valence-electron chi connectivity index (χ0n) is 19.4. The summed E-state index contributed by atoms with van der Waals surface area (Å²) in [5.74, 6) is 1.24. The van der Waals surface area contributed by atoms with Gasteiger partial charge in [0.05, 0.1) is 18.4 Å². The molecular weight excluding hydrogens is 418 g/mol. The number of hydrogen-bond donors (Lipinski definition) is 0. The van der Waals surface area contributed by atoms with Gasteiger partial charge in [0.1, 0.15) is 11.5 Å². The Labute approximate surface area is 195 Å². The smallest absolute Gasteiger partial charge is 0.260 e. The number of ether oxygens (including phenoxy) is 2. The second-order valence-corrected chi connectivity index (χ2v) is 8.53. The van der Waals surface area contributed by atoms with Gasteiger partial charge in [-0.25, -0.2) is 0 Å². The summed E-state index contributed by atoms with van der Waals surface area (Å²) in [6.07, 6.45) is 4.43. The minimum Gasteiger partial charge on any atom is -0.495 e. The molecule has 2 fully saturated rings. The van der Waals surface area contributed by atoms with Crippen LogP contribution in [0.1, 0.15) is 36.0 Å². The van der Waals surface area contributed by atoms with Gasteiger partial charge in [0.15, 0.2) is 6.61 Å². The molecule has 0 aliphatic carbocycles. The number of amides is 2. The lowest BCUT2D eigenvalue weighted by Gasteiger charge is -2.36. The molecule has 176 valence electrons. The number of carbonyl (C=O) groups excluding carboxylic acids is 2. The Balaban J connectivity index is 1.37. The minimum atomic E-state index is -0.0625. The number of anilines is 1. The fraction of sp³-hybridized carbons (Fsp3) is 0.462. The van der Waals surface area contributed by atoms with E-state index in [1.165, 1.54) is 12.8 Å². The number of piperazine rings is 1. The number of nitrogens with zero attached hydrogens (tertiary/aromatic N) is 3. The number of rotatable bonds is 6. The number of methoxy groups -OCH3 is 1. The highest BCUT2D eigenvalue weighted by molar-refractivity contribution is 5.97. The fourth-order valence-corrected chi connectivity index (χ4v) is 4.53. The van der Waals surface area contributed by atoms with Gasteiger partial charge >= 0.3 is 0 Å². The van der Waals surface area contributed by atoms with Gasteiger partial charge in [-0.1, -0.05) is 37.1 Å². The van der Waals surface area contributed by atoms with E-state index < -0.39 is 0 Å². The topological polar surface area (TPSA) is 62.3 Å². The molecule has 0 bridgehead atoms. The molecule has 2 heterocycles. The molecule has 0 saturated carbocycles. The Bertz CT molecular complexity index is 948. The Morgan fingerprint density at radius 1 is 0.758 bits per heavy atom. The van der Waals surface area contributed by atoms with Crippen LogP contribution in [0.5, 0.6) is 11.5 Å². The van der Waals surface area contributed by atoms with Crippen LogP contribution in [0.3, 0.4) is 0 Å². The first-order chi connectivity index (χ1) is 16.2. The Morgan fingerprint density at radius 2 is 1.39 bits per heavy atom. The zero-order valence-corrected chi connectivity index (χ0v) is 19.4. The molecular formula is C26H33N3O4. The van der Waals surface area contributed by atoms with Crippen LogP contribution in [0, 0.1) is 0 Å². The molecule has 0 atom stereocenters. The van der Waals surface area contributed by atoms with Crippen LogP contribution in [0.15, 0.2) is 48.5 Å². The summed E-state index contributed by atoms with van der Waals surface area (Å²) >= 11 is 0. The van der Waals surface area contributed by atoms with Crippen LogP contribution in [0.4, 0.5) is 5.69 Å². The van der Waals surface area contributed by atoms with Gasteiger partial charge in [0, 0.05) is 39.3 Å². The third-order valence-corrected chi connectivity index (χ3v) is 6.42. The van der Waals surface area contributed by atoms with Crippen molar-refractivity contribution >= 4 is 17.5 Å². The number of carbonyl (C=O) groups is 2. The molecule has 0 N–H and O–H groups in total. The largest absolute Gasteiger partial charge is 0.495 e. The van der Waals surface area contributed by atoms with Gasteiger partial charge < -0.3 is 24.2 Å². The second kappa shape index (κ2) is 11.1. The molecule has 2 aliphatic heterocycles. The van der Waals surface area contributed by atoms with Crippen LogP contribution >= 0.6 is 0 Å². The molecule has 7 heteroatoms. The maximum absolute atomic E-state index is 13.3. The third kappa shape index (κ3) is 5.59. The van der Waals surface area contributed by atoms with E-state index in [0.717, 1.165) is 50.5 Å². The summed E-state index contributed by atoms with van der Waals surface area (Å²) in [7, 11) is 1.67. The molecule has 2 saturated heterocycles. The highest BCUT2D eigenvalue weighted by atomic mass is 16.5. The molecule has 4 rings (SSSR count). The molecule has 2 aliphatic rings. The summed E-state index contributed by atoms with van der Waals surface area (Å²) in [5.41, 5.74) is 1.55. The van der Waals surface area contributed by atoms with Gasteiger partial charge in [-0.05, 0) is 37.1 Å². The van der Waals surface area contributed by atoms with E-state index in [-0.39, 0.29) is 18.4 Å². The molecule has 2 aromatic carbocycles. The van der Waals surface area contributed by atoms with Crippen molar-refractivity contribution in [1.82, 2.24) is 9.80 Å². The fourth-order valence-electron chi connectivity index (χ4n) is 4.53. The van der Waals surface area contributed by atoms with E-state index in [9.17, 15) is 9.59 Å². The average molecular weight is 452 g/mol. The van der Waals surface area contributed by atoms with Crippen LogP contribution in [-0.2, 0) is 4.79 Å². The molecule has 0 unspecified atom stereocenters. The van der Waals surface area contributed by atoms with E-state index in [1.807, 2.05) is 46.2 Å². The monoisotopic (exact) mass is 451 g/mol. The first-order valence-corrected chi connectivity index (χ1v) is 11.8. The number of para-hydroxylation sites is 3. The maximum Gasteiger partial charge on any atom is 0.260 e. The quantitative estimate of drug-likeness (QED) is 0.673. The molecule has 2 amide bonds. The second-order valence-electron chi connectivity index (χ2n) is 8.53. The van der Waals surface area contributed by atoms with Crippen LogP contribution < -0.4 is 14.4 Å². The highest BCUT2D eigenvalue weighted by Crippen LogP contribution is 2.29. The predicted octanol–water partition coefficient (Wildman–Crippen LogP) is 3.44. The van der Waals surface area contributed by atoms with E-state index in [0.29, 0.717) is 24.4 Å². The normalized spacial score (nSPS) is 16.8. The minimum absolute atomic E-state index is 0.00965. The van der Waals surface area contributed by atoms with Crippen molar-refractivity contribution in [3.8, 4) is 11.5 Å². The van der Waals surface area contributed by atoms with E-state index in [4.69, 9.17) is 9.47 Å². The molecule has 0 radical (unpaired) electrons. The van der Waals surface area contributed by atoms with Crippen molar-refractivity contribution in [3.63, 3.8) is 0 Å². The number of hydrogen-bond acceptors (Lipinski definition) is 5. The highest BCUT2D eigenvalue weighted by Gasteiger charge is 2.26. The first kappa shape index (κ1) is 23.0. The van der Waals surface area contributed by atoms with Gasteiger partial charge in [-0.3, -0.25) is 9.59 Å². The van der Waals surface area contributed by atoms with Gasteiger partial charge in [-0.15, -0.1) is 0 Å². The Hall–Kier alpha value is -3.22. The molecule has 2 aromatic rings. The van der Waals surface area contributed by atoms with E-state index in [1.54, 1.807) is 19.2 Å². The van der Waals surface area contributed by atoms with Crippen molar-refractivity contribution in [2.75, 3.05) is 57.9 Å². The Kier molecular flexibility index (Phi) is 7.70. The summed E-state index contributed by atoms with van der Waals surface area (Å²) in [4.78, 5) is 31.9. The SMILES string of the molecule is COc1ccccc1N1CCN(C(=O)c2ccccc2OCC(=O)N2CCCCCC2)CC1. The van der Waals surface area contributed by atoms with Crippen LogP contribution in [0.2, 0.25) is 0 Å². The summed E-state index contributed by atoms with van der Waals surface area (Å²) < 4.78 is 11.3. The Morgan fingerprint density at radius 3 is 2.09 bits per heavy atom. The summed E-state index contributed by atoms with van der Waals surface area (Å²) in [6.45, 7) is 4.21. The lowest BCUT2D eigenvalue weighted by molar-refractivity contribution is -0.133. The lowest BCUT2D eigenvalue weighted by Crippen LogP contribution is -2.49. The van der Waals surface area contributed by atoms with Crippen molar-refractivity contribution < 1.29 is 19.1 Å². The number of benzene rings is 2. The first-order valence-electron chi connectivity index (χ1n) is 11.8. The van der Waals surface area contributed by atoms with Crippen molar-refractivity contribution in [1.29, 1.82) is 0 Å². The molecule has 0 spiro atoms. The molecule has 0 aromatic heterocycles. The summed E-state index contributed by atoms with van der Waals surface area (Å²) in [5, 5.41) is 0. The molecule has 7 nitrogen and oxygen atoms in total. The average Bonchev–Trinajstić information content (AvgIpc) is 3.17. The number of likely N-dealkylation sites (tertiary alicyclic amines) is 1. The lowest BCUT2D eigenvalue weighted by atomic mass is 10.1. The van der Waals surface area contributed by atoms with Gasteiger partial charge in [-0.2, -0.15) is 0 Å². The van der Waals surface area contributed by atoms with Gasteiger partial charge in [0.2, 0.25) is 0 Å². The van der Waals surface area contributed by atoms with E-state index >= 15 is 0 Å². The summed E-state index contributed by atoms with van der Waals surface area (Å²) in [6, 6.07) is 15.2. The van der Waals surface area contributed by atoms with Crippen LogP contribution in [0.25, 0.3) is 0 Å². The standard InChI is InChI=1S/C26H33N3O4/c1-32-24-13-7-5-11-22(24)27-16-18-29(19-17-27)26(31)21-10-4-6-12-23(21)33-20-25(30)28-14-8-2-3-9-15-28/h4-7,10-13H,2-3,8-9,14-20H2,1H3. The van der Waals surface area contributed by atoms with Crippen LogP contribution in [-0.4, -0.2) is 74.6 Å². The van der Waals surface area contributed by atoms with Crippen molar-refractivity contribution in [3.05, 3.63) is 54.1 Å². The van der Waals surface area contributed by atoms with Gasteiger partial charge in [0.25, 0.3) is 11.8 Å². The van der Waals surface area contributed by atoms with E-state index in [2.05, 4.69) is 4.90 Å². The predicted molar refractivity (Wildman–Crippen MR) is 128 cm³/mol. The zero-order chi connectivity index (χ0) is 23.0. The maximum atomic E-state index is 13.3.